The van der Waals surface area contributed by atoms with E-state index in [2.05, 4.69) is 11.3 Å². The van der Waals surface area contributed by atoms with Gasteiger partial charge in [-0.15, -0.1) is 0 Å². The third kappa shape index (κ3) is 22.6. The maximum atomic E-state index is 12.8. The fourth-order valence-corrected chi connectivity index (χ4v) is 7.52. The molecule has 0 heterocycles. The quantitative estimate of drug-likeness (QED) is 0.0907. The van der Waals surface area contributed by atoms with Crippen LogP contribution in [0.25, 0.3) is 0 Å². The van der Waals surface area contributed by atoms with Crippen LogP contribution in [0.15, 0.2) is 33.5 Å². The van der Waals surface area contributed by atoms with Crippen LogP contribution in [0.1, 0.15) is 154 Å². The zero-order valence-electron chi connectivity index (χ0n) is 27.6. The predicted octanol–water partition coefficient (Wildman–Crippen LogP) is 10.3. The molecule has 0 aromatic heterocycles. The lowest BCUT2D eigenvalue weighted by molar-refractivity contribution is 0.153. The molecule has 0 spiro atoms. The van der Waals surface area contributed by atoms with Gasteiger partial charge in [0.25, 0.3) is 0 Å². The number of nitrogens with zero attached hydrogens (tertiary/aromatic N) is 1. The second-order valence-electron chi connectivity index (χ2n) is 12.7. The minimum atomic E-state index is -2.62. The van der Waals surface area contributed by atoms with Gasteiger partial charge in [-0.05, 0) is 49.8 Å². The van der Waals surface area contributed by atoms with Crippen molar-refractivity contribution >= 4 is 19.5 Å². The summed E-state index contributed by atoms with van der Waals surface area (Å²) >= 11 is 0. The third-order valence-corrected chi connectivity index (χ3v) is 11.3. The number of aliphatic hydroxyl groups excluding tert-OH is 1. The fraction of sp³-hybridized carbons (Fsp3) is 0.829. The SMILES string of the molecule is CCCCCCCCCCCCCC[C@@H](O)CCN=S(C)(=O)CCCCCCCCCCc1ccc(S(C)(=N)=O)cc1. The molecule has 0 aliphatic carbocycles. The van der Waals surface area contributed by atoms with Crippen LogP contribution in [0.4, 0.5) is 0 Å². The number of benzene rings is 1. The smallest absolute Gasteiger partial charge is 0.0696 e. The molecular formula is C35H66N2O3S2. The van der Waals surface area contributed by atoms with Gasteiger partial charge >= 0.3 is 0 Å². The Morgan fingerprint density at radius 1 is 0.667 bits per heavy atom. The second-order valence-corrected chi connectivity index (χ2v) is 17.4. The van der Waals surface area contributed by atoms with E-state index < -0.39 is 19.5 Å². The first-order valence-corrected chi connectivity index (χ1v) is 21.4. The summed E-state index contributed by atoms with van der Waals surface area (Å²) in [6.45, 7) is 2.79. The van der Waals surface area contributed by atoms with Crippen LogP contribution in [-0.4, -0.2) is 44.4 Å². The minimum Gasteiger partial charge on any atom is -0.393 e. The van der Waals surface area contributed by atoms with Crippen molar-refractivity contribution in [3.8, 4) is 0 Å². The van der Waals surface area contributed by atoms with E-state index >= 15 is 0 Å². The average Bonchev–Trinajstić information content (AvgIpc) is 2.94. The van der Waals surface area contributed by atoms with Crippen LogP contribution in [0.2, 0.25) is 0 Å². The lowest BCUT2D eigenvalue weighted by Gasteiger charge is -2.10. The summed E-state index contributed by atoms with van der Waals surface area (Å²) in [5.41, 5.74) is 1.25. The van der Waals surface area contributed by atoms with E-state index in [1.165, 1.54) is 115 Å². The zero-order valence-corrected chi connectivity index (χ0v) is 29.2. The van der Waals surface area contributed by atoms with Gasteiger partial charge in [0.05, 0.1) is 22.4 Å². The Labute approximate surface area is 261 Å². The molecule has 0 aliphatic rings. The number of hydrogen-bond acceptors (Lipinski definition) is 5. The van der Waals surface area contributed by atoms with E-state index in [1.54, 1.807) is 6.26 Å². The molecule has 1 rings (SSSR count). The highest BCUT2D eigenvalue weighted by atomic mass is 32.2. The van der Waals surface area contributed by atoms with Gasteiger partial charge in [0.15, 0.2) is 0 Å². The minimum absolute atomic E-state index is 0.308. The summed E-state index contributed by atoms with van der Waals surface area (Å²) in [5.74, 6) is 0.674. The summed E-state index contributed by atoms with van der Waals surface area (Å²) in [7, 11) is -4.75. The average molecular weight is 627 g/mol. The van der Waals surface area contributed by atoms with E-state index in [1.807, 2.05) is 24.3 Å². The lowest BCUT2D eigenvalue weighted by Crippen LogP contribution is -2.10. The summed E-state index contributed by atoms with van der Waals surface area (Å²) in [6.07, 6.45) is 30.8. The molecule has 7 heteroatoms. The Hall–Kier alpha value is -0.920. The first kappa shape index (κ1) is 39.1. The largest absolute Gasteiger partial charge is 0.393 e. The van der Waals surface area contributed by atoms with Crippen molar-refractivity contribution in [3.05, 3.63) is 29.8 Å². The van der Waals surface area contributed by atoms with Crippen LogP contribution in [0, 0.1) is 4.78 Å². The van der Waals surface area contributed by atoms with Crippen molar-refractivity contribution in [3.63, 3.8) is 0 Å². The molecular weight excluding hydrogens is 561 g/mol. The molecule has 0 radical (unpaired) electrons. The van der Waals surface area contributed by atoms with Crippen molar-refractivity contribution in [1.82, 2.24) is 0 Å². The van der Waals surface area contributed by atoms with Gasteiger partial charge in [-0.25, -0.2) is 13.4 Å². The molecule has 0 amide bonds. The molecule has 246 valence electrons. The molecule has 0 aliphatic heterocycles. The van der Waals surface area contributed by atoms with Gasteiger partial charge in [0, 0.05) is 32.9 Å². The molecule has 0 bridgehead atoms. The highest BCUT2D eigenvalue weighted by Crippen LogP contribution is 2.16. The number of aryl methyl sites for hydroxylation is 1. The van der Waals surface area contributed by atoms with Crippen molar-refractivity contribution in [1.29, 1.82) is 4.78 Å². The topological polar surface area (TPSA) is 90.6 Å². The molecule has 0 fully saturated rings. The molecule has 0 saturated carbocycles. The van der Waals surface area contributed by atoms with Gasteiger partial charge in [-0.1, -0.05) is 135 Å². The Kier molecular flexibility index (Phi) is 22.7. The zero-order chi connectivity index (χ0) is 30.9. The molecule has 3 atom stereocenters. The van der Waals surface area contributed by atoms with E-state index in [0.29, 0.717) is 23.6 Å². The Morgan fingerprint density at radius 3 is 1.62 bits per heavy atom. The number of rotatable bonds is 28. The molecule has 5 nitrogen and oxygen atoms in total. The summed E-state index contributed by atoms with van der Waals surface area (Å²) in [6, 6.07) is 7.68. The van der Waals surface area contributed by atoms with Crippen molar-refractivity contribution in [2.24, 2.45) is 4.36 Å². The van der Waals surface area contributed by atoms with Crippen molar-refractivity contribution in [2.75, 3.05) is 24.8 Å². The van der Waals surface area contributed by atoms with E-state index in [4.69, 9.17) is 4.78 Å². The Balaban J connectivity index is 1.95. The van der Waals surface area contributed by atoms with Crippen molar-refractivity contribution in [2.45, 2.75) is 166 Å². The van der Waals surface area contributed by atoms with Gasteiger partial charge in [-0.3, -0.25) is 4.21 Å². The standard InChI is InChI=1S/C35H66N2O3S2/c1-4-5-6-7-8-9-10-11-12-16-19-22-25-34(38)30-31-37-41(2,39)32-23-20-17-14-13-15-18-21-24-33-26-28-35(29-27-33)42(3,36)40/h26-29,34,36,38H,4-25,30-32H2,1-3H3/t34-,41?,42?/m1/s1. The van der Waals surface area contributed by atoms with Gasteiger partial charge in [-0.2, -0.15) is 0 Å². The number of aliphatic hydroxyl groups is 1. The van der Waals surface area contributed by atoms with E-state index in [0.717, 1.165) is 38.5 Å². The van der Waals surface area contributed by atoms with Crippen LogP contribution in [0.5, 0.6) is 0 Å². The number of unbranched alkanes of at least 4 members (excludes halogenated alkanes) is 18. The maximum absolute atomic E-state index is 12.8. The molecule has 42 heavy (non-hydrogen) atoms. The molecule has 2 N–H and O–H groups in total. The van der Waals surface area contributed by atoms with E-state index in [9.17, 15) is 13.5 Å². The summed E-state index contributed by atoms with van der Waals surface area (Å²) in [5, 5.41) is 10.3. The Bertz CT molecular complexity index is 1000. The predicted molar refractivity (Wildman–Crippen MR) is 185 cm³/mol. The van der Waals surface area contributed by atoms with E-state index in [-0.39, 0.29) is 6.10 Å². The van der Waals surface area contributed by atoms with Crippen LogP contribution < -0.4 is 0 Å². The molecule has 1 aromatic rings. The normalized spacial score (nSPS) is 15.2. The second kappa shape index (κ2) is 24.4. The molecule has 2 unspecified atom stereocenters. The monoisotopic (exact) mass is 626 g/mol. The van der Waals surface area contributed by atoms with Crippen LogP contribution in [0.3, 0.4) is 0 Å². The van der Waals surface area contributed by atoms with Gasteiger partial charge in [0.2, 0.25) is 0 Å². The van der Waals surface area contributed by atoms with Crippen LogP contribution >= 0.6 is 0 Å². The fourth-order valence-electron chi connectivity index (χ4n) is 5.50. The van der Waals surface area contributed by atoms with Gasteiger partial charge in [0.1, 0.15) is 0 Å². The maximum Gasteiger partial charge on any atom is 0.0696 e. The van der Waals surface area contributed by atoms with Gasteiger partial charge < -0.3 is 5.11 Å². The highest BCUT2D eigenvalue weighted by Gasteiger charge is 2.06. The third-order valence-electron chi connectivity index (χ3n) is 8.33. The number of nitrogens with one attached hydrogen (secondary N) is 1. The van der Waals surface area contributed by atoms with Crippen molar-refractivity contribution < 1.29 is 13.5 Å². The number of hydrogen-bond donors (Lipinski definition) is 2. The highest BCUT2D eigenvalue weighted by molar-refractivity contribution is 7.92. The Morgan fingerprint density at radius 2 is 1.12 bits per heavy atom. The molecule has 1 aromatic carbocycles. The van der Waals surface area contributed by atoms with Crippen LogP contribution in [-0.2, 0) is 25.9 Å². The first-order chi connectivity index (χ1) is 20.1. The lowest BCUT2D eigenvalue weighted by atomic mass is 10.0. The molecule has 0 saturated heterocycles. The summed E-state index contributed by atoms with van der Waals surface area (Å²) < 4.78 is 36.6. The first-order valence-electron chi connectivity index (χ1n) is 17.3. The summed E-state index contributed by atoms with van der Waals surface area (Å²) in [4.78, 5) is 0.609.